The van der Waals surface area contributed by atoms with Gasteiger partial charge in [-0.1, -0.05) is 19.9 Å². The fourth-order valence-electron chi connectivity index (χ4n) is 2.25. The van der Waals surface area contributed by atoms with E-state index in [-0.39, 0.29) is 11.0 Å². The summed E-state index contributed by atoms with van der Waals surface area (Å²) in [6.45, 7) is 5.82. The van der Waals surface area contributed by atoms with Gasteiger partial charge in [-0.25, -0.2) is 4.98 Å². The second kappa shape index (κ2) is 5.71. The van der Waals surface area contributed by atoms with Gasteiger partial charge in [-0.15, -0.1) is 22.7 Å². The smallest absolute Gasteiger partial charge is 0.268 e. The summed E-state index contributed by atoms with van der Waals surface area (Å²) in [7, 11) is 0. The number of aromatic nitrogens is 2. The standard InChI is InChI=1S/C15H17N3OS2/c1-15(2,11-4-3-6-20-11)9-16-8-12-17-10-5-7-21-13(10)14(19)18-12/h3-7,16H,8-9H2,1-2H3,(H,17,18,19). The second-order valence-electron chi connectivity index (χ2n) is 5.61. The van der Waals surface area contributed by atoms with Crippen LogP contribution in [0.4, 0.5) is 0 Å². The Morgan fingerprint density at radius 1 is 1.29 bits per heavy atom. The molecule has 0 amide bonds. The lowest BCUT2D eigenvalue weighted by atomic mass is 9.91. The maximum atomic E-state index is 11.9. The summed E-state index contributed by atoms with van der Waals surface area (Å²) >= 11 is 3.19. The van der Waals surface area contributed by atoms with Gasteiger partial charge in [-0.3, -0.25) is 4.79 Å². The quantitative estimate of drug-likeness (QED) is 0.760. The monoisotopic (exact) mass is 319 g/mol. The molecule has 21 heavy (non-hydrogen) atoms. The highest BCUT2D eigenvalue weighted by Crippen LogP contribution is 2.26. The van der Waals surface area contributed by atoms with Crippen molar-refractivity contribution in [2.45, 2.75) is 25.8 Å². The summed E-state index contributed by atoms with van der Waals surface area (Å²) in [6, 6.07) is 6.11. The van der Waals surface area contributed by atoms with E-state index in [0.717, 1.165) is 12.1 Å². The minimum Gasteiger partial charge on any atom is -0.309 e. The highest BCUT2D eigenvalue weighted by atomic mass is 32.1. The summed E-state index contributed by atoms with van der Waals surface area (Å²) < 4.78 is 0.692. The molecule has 0 aliphatic carbocycles. The van der Waals surface area contributed by atoms with E-state index in [1.54, 1.807) is 11.3 Å². The van der Waals surface area contributed by atoms with Crippen molar-refractivity contribution in [1.29, 1.82) is 0 Å². The van der Waals surface area contributed by atoms with Gasteiger partial charge in [0, 0.05) is 16.8 Å². The van der Waals surface area contributed by atoms with Gasteiger partial charge in [0.1, 0.15) is 10.5 Å². The topological polar surface area (TPSA) is 57.8 Å². The third-order valence-electron chi connectivity index (χ3n) is 3.41. The van der Waals surface area contributed by atoms with Crippen molar-refractivity contribution >= 4 is 32.9 Å². The number of nitrogens with zero attached hydrogens (tertiary/aromatic N) is 1. The molecule has 2 N–H and O–H groups in total. The highest BCUT2D eigenvalue weighted by molar-refractivity contribution is 7.17. The zero-order valence-corrected chi connectivity index (χ0v) is 13.6. The van der Waals surface area contributed by atoms with Gasteiger partial charge >= 0.3 is 0 Å². The van der Waals surface area contributed by atoms with Gasteiger partial charge in [-0.2, -0.15) is 0 Å². The Labute approximate surface area is 130 Å². The Morgan fingerprint density at radius 2 is 2.14 bits per heavy atom. The van der Waals surface area contributed by atoms with Crippen LogP contribution in [0.5, 0.6) is 0 Å². The number of hydrogen-bond acceptors (Lipinski definition) is 5. The molecule has 6 heteroatoms. The van der Waals surface area contributed by atoms with E-state index in [2.05, 4.69) is 46.6 Å². The van der Waals surface area contributed by atoms with Crippen molar-refractivity contribution in [3.8, 4) is 0 Å². The van der Waals surface area contributed by atoms with Gasteiger partial charge in [-0.05, 0) is 22.9 Å². The molecule has 0 spiro atoms. The zero-order valence-electron chi connectivity index (χ0n) is 12.0. The van der Waals surface area contributed by atoms with Crippen LogP contribution in [0, 0.1) is 0 Å². The number of hydrogen-bond donors (Lipinski definition) is 2. The van der Waals surface area contributed by atoms with E-state index in [4.69, 9.17) is 0 Å². The summed E-state index contributed by atoms with van der Waals surface area (Å²) in [5, 5.41) is 7.38. The predicted octanol–water partition coefficient (Wildman–Crippen LogP) is 3.11. The van der Waals surface area contributed by atoms with E-state index < -0.39 is 0 Å². The Morgan fingerprint density at radius 3 is 2.90 bits per heavy atom. The average molecular weight is 319 g/mol. The second-order valence-corrected chi connectivity index (χ2v) is 7.48. The number of thiophene rings is 2. The SMILES string of the molecule is CC(C)(CNCc1nc2ccsc2c(=O)[nH]1)c1cccs1. The summed E-state index contributed by atoms with van der Waals surface area (Å²) in [5.74, 6) is 0.688. The van der Waals surface area contributed by atoms with Gasteiger partial charge in [0.25, 0.3) is 5.56 Å². The fraction of sp³-hybridized carbons (Fsp3) is 0.333. The minimum atomic E-state index is -0.0516. The lowest BCUT2D eigenvalue weighted by Gasteiger charge is -2.23. The Kier molecular flexibility index (Phi) is 3.93. The van der Waals surface area contributed by atoms with Crippen LogP contribution in [0.25, 0.3) is 10.2 Å². The molecule has 0 saturated carbocycles. The molecular formula is C15H17N3OS2. The normalized spacial score (nSPS) is 12.1. The first-order valence-corrected chi connectivity index (χ1v) is 8.53. The molecule has 0 bridgehead atoms. The fourth-order valence-corrected chi connectivity index (χ4v) is 3.83. The van der Waals surface area contributed by atoms with E-state index >= 15 is 0 Å². The summed E-state index contributed by atoms with van der Waals surface area (Å²) in [6.07, 6.45) is 0. The average Bonchev–Trinajstić information content (AvgIpc) is 3.10. The van der Waals surface area contributed by atoms with Crippen molar-refractivity contribution in [2.75, 3.05) is 6.54 Å². The van der Waals surface area contributed by atoms with Crippen molar-refractivity contribution in [1.82, 2.24) is 15.3 Å². The number of H-pyrrole nitrogens is 1. The zero-order chi connectivity index (χ0) is 14.9. The molecule has 110 valence electrons. The van der Waals surface area contributed by atoms with Gasteiger partial charge in [0.2, 0.25) is 0 Å². The summed E-state index contributed by atoms with van der Waals surface area (Å²) in [4.78, 5) is 20.6. The van der Waals surface area contributed by atoms with Crippen LogP contribution in [0.15, 0.2) is 33.8 Å². The van der Waals surface area contributed by atoms with Crippen LogP contribution in [-0.2, 0) is 12.0 Å². The van der Waals surface area contributed by atoms with Crippen molar-refractivity contribution in [3.05, 3.63) is 50.0 Å². The van der Waals surface area contributed by atoms with Gasteiger partial charge in [0.15, 0.2) is 0 Å². The predicted molar refractivity (Wildman–Crippen MR) is 89.3 cm³/mol. The van der Waals surface area contributed by atoms with Gasteiger partial charge < -0.3 is 10.3 Å². The van der Waals surface area contributed by atoms with Crippen molar-refractivity contribution in [2.24, 2.45) is 0 Å². The lowest BCUT2D eigenvalue weighted by molar-refractivity contribution is 0.472. The number of nitrogens with one attached hydrogen (secondary N) is 2. The van der Waals surface area contributed by atoms with Crippen LogP contribution in [0.3, 0.4) is 0 Å². The van der Waals surface area contributed by atoms with E-state index in [1.165, 1.54) is 16.2 Å². The Bertz CT molecular complexity index is 787. The molecule has 0 unspecified atom stereocenters. The van der Waals surface area contributed by atoms with Crippen molar-refractivity contribution < 1.29 is 0 Å². The first-order valence-electron chi connectivity index (χ1n) is 6.77. The first kappa shape index (κ1) is 14.4. The number of aromatic amines is 1. The maximum absolute atomic E-state index is 11.9. The minimum absolute atomic E-state index is 0.0516. The Hall–Kier alpha value is -1.50. The Balaban J connectivity index is 1.68. The molecule has 0 aromatic carbocycles. The highest BCUT2D eigenvalue weighted by Gasteiger charge is 2.21. The number of rotatable bonds is 5. The van der Waals surface area contributed by atoms with Crippen molar-refractivity contribution in [3.63, 3.8) is 0 Å². The number of fused-ring (bicyclic) bond motifs is 1. The molecule has 0 atom stereocenters. The molecule has 3 heterocycles. The molecule has 0 radical (unpaired) electrons. The van der Waals surface area contributed by atoms with Crippen LogP contribution >= 0.6 is 22.7 Å². The molecule has 4 nitrogen and oxygen atoms in total. The third-order valence-corrected chi connectivity index (χ3v) is 5.55. The molecule has 3 aromatic rings. The molecule has 0 aliphatic rings. The third kappa shape index (κ3) is 3.07. The maximum Gasteiger partial charge on any atom is 0.268 e. The van der Waals surface area contributed by atoms with E-state index in [9.17, 15) is 4.79 Å². The van der Waals surface area contributed by atoms with Crippen LogP contribution in [0.2, 0.25) is 0 Å². The van der Waals surface area contributed by atoms with E-state index in [0.29, 0.717) is 17.1 Å². The molecule has 0 saturated heterocycles. The van der Waals surface area contributed by atoms with Crippen LogP contribution in [-0.4, -0.2) is 16.5 Å². The first-order chi connectivity index (χ1) is 10.1. The van der Waals surface area contributed by atoms with Gasteiger partial charge in [0.05, 0.1) is 12.1 Å². The van der Waals surface area contributed by atoms with Crippen LogP contribution in [0.1, 0.15) is 24.5 Å². The largest absolute Gasteiger partial charge is 0.309 e. The molecule has 0 aliphatic heterocycles. The molecule has 3 aromatic heterocycles. The van der Waals surface area contributed by atoms with Crippen LogP contribution < -0.4 is 10.9 Å². The molecule has 3 rings (SSSR count). The summed E-state index contributed by atoms with van der Waals surface area (Å²) in [5.41, 5.74) is 0.795. The lowest BCUT2D eigenvalue weighted by Crippen LogP contribution is -2.32. The molecular weight excluding hydrogens is 302 g/mol. The molecule has 0 fully saturated rings. The van der Waals surface area contributed by atoms with E-state index in [1.807, 2.05) is 11.4 Å².